The topological polar surface area (TPSA) is 24.9 Å². The molecule has 0 spiro atoms. The van der Waals surface area contributed by atoms with Crippen LogP contribution in [0.5, 0.6) is 0 Å². The molecule has 1 aromatic carbocycles. The zero-order valence-corrected chi connectivity index (χ0v) is 9.12. The van der Waals surface area contributed by atoms with Crippen LogP contribution in [0.1, 0.15) is 5.69 Å². The number of hydrogen-bond donors (Lipinski definition) is 1. The Morgan fingerprint density at radius 2 is 1.76 bits per heavy atom. The first-order chi connectivity index (χ1) is 8.09. The monoisotopic (exact) mass is 262 g/mol. The number of nitrogens with zero attached hydrogens (tertiary/aromatic N) is 1. The molecule has 0 aliphatic rings. The van der Waals surface area contributed by atoms with Crippen molar-refractivity contribution in [2.45, 2.75) is 6.54 Å². The van der Waals surface area contributed by atoms with Gasteiger partial charge in [0, 0.05) is 11.4 Å². The summed E-state index contributed by atoms with van der Waals surface area (Å²) in [5, 5.41) is 3.93. The van der Waals surface area contributed by atoms with Gasteiger partial charge in [0.25, 0.3) is 0 Å². The molecule has 0 aliphatic heterocycles. The number of hydrogen-bond acceptors (Lipinski definition) is 3. The molecule has 2 nitrogen and oxygen atoms in total. The molecule has 2 rings (SSSR count). The number of rotatable bonds is 3. The van der Waals surface area contributed by atoms with E-state index >= 15 is 0 Å². The Morgan fingerprint density at radius 1 is 1.12 bits per heavy atom. The number of benzene rings is 1. The maximum Gasteiger partial charge on any atom is 0.185 e. The Balaban J connectivity index is 2.26. The Hall–Kier alpha value is -1.63. The van der Waals surface area contributed by atoms with Crippen molar-refractivity contribution in [3.05, 3.63) is 45.9 Å². The van der Waals surface area contributed by atoms with Crippen molar-refractivity contribution >= 4 is 17.0 Å². The van der Waals surface area contributed by atoms with Crippen molar-refractivity contribution in [1.82, 2.24) is 4.98 Å². The highest BCUT2D eigenvalue weighted by molar-refractivity contribution is 7.07. The molecule has 0 saturated heterocycles. The van der Waals surface area contributed by atoms with E-state index in [0.29, 0.717) is 5.69 Å². The van der Waals surface area contributed by atoms with Crippen molar-refractivity contribution in [2.24, 2.45) is 0 Å². The van der Waals surface area contributed by atoms with E-state index in [4.69, 9.17) is 0 Å². The fraction of sp³-hybridized carbons (Fsp3) is 0.100. The molecule has 0 bridgehead atoms. The Kier molecular flexibility index (Phi) is 3.28. The highest BCUT2D eigenvalue weighted by Crippen LogP contribution is 2.24. The average Bonchev–Trinajstić information content (AvgIpc) is 2.79. The van der Waals surface area contributed by atoms with Gasteiger partial charge in [-0.3, -0.25) is 0 Å². The van der Waals surface area contributed by atoms with Crippen molar-refractivity contribution in [1.29, 1.82) is 0 Å². The molecule has 0 radical (unpaired) electrons. The molecule has 0 amide bonds. The quantitative estimate of drug-likeness (QED) is 0.678. The van der Waals surface area contributed by atoms with Crippen LogP contribution in [-0.2, 0) is 6.54 Å². The number of nitrogens with one attached hydrogen (secondary N) is 1. The van der Waals surface area contributed by atoms with Gasteiger partial charge in [0.2, 0.25) is 0 Å². The van der Waals surface area contributed by atoms with Gasteiger partial charge < -0.3 is 5.32 Å². The Labute approximate surface area is 97.9 Å². The van der Waals surface area contributed by atoms with Crippen molar-refractivity contribution in [2.75, 3.05) is 5.32 Å². The lowest BCUT2D eigenvalue weighted by Crippen LogP contribution is -2.07. The van der Waals surface area contributed by atoms with Crippen LogP contribution in [0.3, 0.4) is 0 Å². The van der Waals surface area contributed by atoms with Gasteiger partial charge in [-0.2, -0.15) is 0 Å². The molecule has 0 atom stereocenters. The second-order valence-corrected chi connectivity index (χ2v) is 3.90. The molecule has 0 unspecified atom stereocenters. The summed E-state index contributed by atoms with van der Waals surface area (Å²) in [6.45, 7) is -0.0137. The predicted octanol–water partition coefficient (Wildman–Crippen LogP) is 3.31. The Bertz CT molecular complexity index is 501. The second-order valence-electron chi connectivity index (χ2n) is 3.18. The van der Waals surface area contributed by atoms with Crippen LogP contribution >= 0.6 is 11.3 Å². The van der Waals surface area contributed by atoms with Crippen molar-refractivity contribution in [3.63, 3.8) is 0 Å². The Morgan fingerprint density at radius 3 is 2.29 bits per heavy atom. The lowest BCUT2D eigenvalue weighted by molar-refractivity contribution is 0.458. The van der Waals surface area contributed by atoms with Gasteiger partial charge in [-0.1, -0.05) is 0 Å². The normalized spacial score (nSPS) is 10.6. The van der Waals surface area contributed by atoms with Crippen molar-refractivity contribution in [3.8, 4) is 0 Å². The maximum atomic E-state index is 13.2. The third-order valence-corrected chi connectivity index (χ3v) is 2.68. The van der Waals surface area contributed by atoms with Crippen LogP contribution < -0.4 is 5.32 Å². The first-order valence-electron chi connectivity index (χ1n) is 4.53. The third-order valence-electron chi connectivity index (χ3n) is 2.04. The van der Waals surface area contributed by atoms with Gasteiger partial charge in [0.15, 0.2) is 23.3 Å². The zero-order chi connectivity index (χ0) is 12.4. The van der Waals surface area contributed by atoms with Crippen LogP contribution in [0.2, 0.25) is 0 Å². The van der Waals surface area contributed by atoms with Crippen LogP contribution in [0, 0.1) is 23.3 Å². The molecule has 1 heterocycles. The van der Waals surface area contributed by atoms with E-state index in [1.54, 1.807) is 5.38 Å². The smallest absolute Gasteiger partial charge is 0.185 e. The van der Waals surface area contributed by atoms with Gasteiger partial charge >= 0.3 is 0 Å². The van der Waals surface area contributed by atoms with E-state index in [1.165, 1.54) is 16.8 Å². The molecule has 2 aromatic rings. The summed E-state index contributed by atoms with van der Waals surface area (Å²) in [6, 6.07) is 0.165. The summed E-state index contributed by atoms with van der Waals surface area (Å²) in [7, 11) is 0. The van der Waals surface area contributed by atoms with Crippen LogP contribution in [0.25, 0.3) is 0 Å². The highest BCUT2D eigenvalue weighted by Gasteiger charge is 2.18. The van der Waals surface area contributed by atoms with Crippen LogP contribution in [-0.4, -0.2) is 4.98 Å². The molecular formula is C10H6F4N2S. The molecule has 7 heteroatoms. The summed E-state index contributed by atoms with van der Waals surface area (Å²) in [6.07, 6.45) is 0. The van der Waals surface area contributed by atoms with E-state index in [2.05, 4.69) is 10.3 Å². The van der Waals surface area contributed by atoms with Gasteiger partial charge in [-0.15, -0.1) is 11.3 Å². The molecule has 0 saturated carbocycles. The highest BCUT2D eigenvalue weighted by atomic mass is 32.1. The van der Waals surface area contributed by atoms with E-state index in [0.717, 1.165) is 0 Å². The summed E-state index contributed by atoms with van der Waals surface area (Å²) in [4.78, 5) is 3.86. The minimum Gasteiger partial charge on any atom is -0.374 e. The molecule has 1 aromatic heterocycles. The number of aromatic nitrogens is 1. The molecule has 17 heavy (non-hydrogen) atoms. The zero-order valence-electron chi connectivity index (χ0n) is 8.31. The fourth-order valence-corrected chi connectivity index (χ4v) is 1.79. The molecule has 90 valence electrons. The summed E-state index contributed by atoms with van der Waals surface area (Å²) >= 11 is 1.30. The standard InChI is InChI=1S/C10H6F4N2S/c11-6-1-7(12)9(14)10(8(6)13)15-2-5-3-17-4-16-5/h1,3-4,15H,2H2. The van der Waals surface area contributed by atoms with Crippen LogP contribution in [0.4, 0.5) is 23.2 Å². The first-order valence-corrected chi connectivity index (χ1v) is 5.48. The van der Waals surface area contributed by atoms with E-state index in [9.17, 15) is 17.6 Å². The summed E-state index contributed by atoms with van der Waals surface area (Å²) < 4.78 is 52.1. The SMILES string of the molecule is Fc1cc(F)c(F)c(NCc2cscn2)c1F. The maximum absolute atomic E-state index is 13.2. The molecule has 0 aliphatic carbocycles. The van der Waals surface area contributed by atoms with Gasteiger partial charge in [0.1, 0.15) is 5.69 Å². The van der Waals surface area contributed by atoms with Gasteiger partial charge in [-0.05, 0) is 0 Å². The van der Waals surface area contributed by atoms with Crippen molar-refractivity contribution < 1.29 is 17.6 Å². The van der Waals surface area contributed by atoms with E-state index in [-0.39, 0.29) is 12.6 Å². The molecular weight excluding hydrogens is 256 g/mol. The van der Waals surface area contributed by atoms with E-state index in [1.807, 2.05) is 0 Å². The first kappa shape index (κ1) is 11.8. The lowest BCUT2D eigenvalue weighted by atomic mass is 10.2. The summed E-state index contributed by atoms with van der Waals surface area (Å²) in [5.41, 5.74) is 1.24. The fourth-order valence-electron chi connectivity index (χ4n) is 1.23. The van der Waals surface area contributed by atoms with Crippen LogP contribution in [0.15, 0.2) is 17.0 Å². The minimum atomic E-state index is -1.45. The van der Waals surface area contributed by atoms with E-state index < -0.39 is 29.0 Å². The number of anilines is 1. The predicted molar refractivity (Wildman–Crippen MR) is 55.7 cm³/mol. The number of thiazole rings is 1. The molecule has 0 fully saturated rings. The number of halogens is 4. The minimum absolute atomic E-state index is 0.0137. The third kappa shape index (κ3) is 2.38. The van der Waals surface area contributed by atoms with Gasteiger partial charge in [0.05, 0.1) is 17.7 Å². The lowest BCUT2D eigenvalue weighted by Gasteiger charge is -2.08. The largest absolute Gasteiger partial charge is 0.374 e. The summed E-state index contributed by atoms with van der Waals surface area (Å²) in [5.74, 6) is -5.77. The van der Waals surface area contributed by atoms with Gasteiger partial charge in [-0.25, -0.2) is 22.5 Å². The second kappa shape index (κ2) is 4.70. The average molecular weight is 262 g/mol. The molecule has 1 N–H and O–H groups in total.